The first kappa shape index (κ1) is 18.4. The lowest BCUT2D eigenvalue weighted by Gasteiger charge is -2.17. The Labute approximate surface area is 153 Å². The normalized spacial score (nSPS) is 14.1. The van der Waals surface area contributed by atoms with Crippen molar-refractivity contribution < 1.29 is 19.1 Å². The molecule has 0 bridgehead atoms. The lowest BCUT2D eigenvalue weighted by molar-refractivity contribution is -0.123. The van der Waals surface area contributed by atoms with Gasteiger partial charge in [-0.3, -0.25) is 20.2 Å². The molecule has 8 heteroatoms. The molecule has 1 aliphatic rings. The van der Waals surface area contributed by atoms with Gasteiger partial charge in [0.15, 0.2) is 16.6 Å². The Kier molecular flexibility index (Phi) is 6.33. The molecule has 1 heterocycles. The van der Waals surface area contributed by atoms with Crippen LogP contribution in [0.4, 0.5) is 0 Å². The minimum atomic E-state index is -0.540. The van der Waals surface area contributed by atoms with Crippen LogP contribution in [0.5, 0.6) is 11.5 Å². The summed E-state index contributed by atoms with van der Waals surface area (Å²) in [5, 5.41) is 4.79. The van der Waals surface area contributed by atoms with Gasteiger partial charge in [-0.15, -0.1) is 0 Å². The maximum Gasteiger partial charge on any atom is 0.263 e. The molecule has 2 rings (SSSR count). The second-order valence-electron chi connectivity index (χ2n) is 5.03. The summed E-state index contributed by atoms with van der Waals surface area (Å²) in [4.78, 5) is 23.8. The molecular formula is C16H17BrN2O4S. The topological polar surface area (TPSA) is 76.7 Å². The molecule has 1 aliphatic heterocycles. The number of hydrogen-bond acceptors (Lipinski definition) is 5. The van der Waals surface area contributed by atoms with Crippen LogP contribution in [-0.2, 0) is 9.59 Å². The van der Waals surface area contributed by atoms with Crippen molar-refractivity contribution in [2.45, 2.75) is 19.8 Å². The monoisotopic (exact) mass is 412 g/mol. The van der Waals surface area contributed by atoms with Crippen LogP contribution >= 0.6 is 28.1 Å². The van der Waals surface area contributed by atoms with E-state index in [1.807, 2.05) is 0 Å². The van der Waals surface area contributed by atoms with E-state index in [0.29, 0.717) is 28.1 Å². The van der Waals surface area contributed by atoms with E-state index >= 15 is 0 Å². The molecule has 0 aromatic heterocycles. The van der Waals surface area contributed by atoms with Crippen LogP contribution in [0, 0.1) is 0 Å². The number of unbranched alkanes of at least 4 members (excludes halogenated alkanes) is 1. The SMILES string of the molecule is CCCCOc1c(Br)cc(C=C2C(=O)NC(=S)NC2=O)cc1OC. The number of thiocarbonyl (C=S) groups is 1. The quantitative estimate of drug-likeness (QED) is 0.325. The predicted octanol–water partition coefficient (Wildman–Crippen LogP) is 2.55. The van der Waals surface area contributed by atoms with Crippen LogP contribution < -0.4 is 20.1 Å². The van der Waals surface area contributed by atoms with Gasteiger partial charge in [0.1, 0.15) is 5.57 Å². The van der Waals surface area contributed by atoms with Crippen molar-refractivity contribution in [3.63, 3.8) is 0 Å². The van der Waals surface area contributed by atoms with Crippen LogP contribution in [-0.4, -0.2) is 30.6 Å². The number of methoxy groups -OCH3 is 1. The van der Waals surface area contributed by atoms with Crippen molar-refractivity contribution >= 4 is 51.2 Å². The van der Waals surface area contributed by atoms with Crippen molar-refractivity contribution in [1.29, 1.82) is 0 Å². The number of ether oxygens (including phenoxy) is 2. The largest absolute Gasteiger partial charge is 0.493 e. The van der Waals surface area contributed by atoms with E-state index in [4.69, 9.17) is 21.7 Å². The van der Waals surface area contributed by atoms with Crippen LogP contribution in [0.3, 0.4) is 0 Å². The molecule has 6 nitrogen and oxygen atoms in total. The van der Waals surface area contributed by atoms with Gasteiger partial charge in [0, 0.05) is 0 Å². The molecule has 0 saturated carbocycles. The number of halogens is 1. The first-order valence-electron chi connectivity index (χ1n) is 7.35. The zero-order valence-electron chi connectivity index (χ0n) is 13.3. The first-order valence-corrected chi connectivity index (χ1v) is 8.55. The molecule has 128 valence electrons. The third-order valence-corrected chi connectivity index (χ3v) is 4.04. The number of rotatable bonds is 6. The van der Waals surface area contributed by atoms with Gasteiger partial charge >= 0.3 is 0 Å². The van der Waals surface area contributed by atoms with Crippen molar-refractivity contribution in [3.05, 3.63) is 27.7 Å². The highest BCUT2D eigenvalue weighted by Crippen LogP contribution is 2.37. The van der Waals surface area contributed by atoms with Gasteiger partial charge in [-0.05, 0) is 58.3 Å². The van der Waals surface area contributed by atoms with E-state index in [-0.39, 0.29) is 10.7 Å². The fraction of sp³-hybridized carbons (Fsp3) is 0.312. The Bertz CT molecular complexity index is 696. The summed E-state index contributed by atoms with van der Waals surface area (Å²) < 4.78 is 11.8. The minimum Gasteiger partial charge on any atom is -0.493 e. The summed E-state index contributed by atoms with van der Waals surface area (Å²) in [6.07, 6.45) is 3.42. The summed E-state index contributed by atoms with van der Waals surface area (Å²) in [5.41, 5.74) is 0.590. The van der Waals surface area contributed by atoms with Gasteiger partial charge in [0.2, 0.25) is 0 Å². The summed E-state index contributed by atoms with van der Waals surface area (Å²) in [5.74, 6) is 0.0236. The molecule has 24 heavy (non-hydrogen) atoms. The Morgan fingerprint density at radius 3 is 2.50 bits per heavy atom. The van der Waals surface area contributed by atoms with E-state index in [9.17, 15) is 9.59 Å². The zero-order chi connectivity index (χ0) is 17.7. The van der Waals surface area contributed by atoms with Gasteiger partial charge in [-0.1, -0.05) is 13.3 Å². The molecule has 1 saturated heterocycles. The summed E-state index contributed by atoms with van der Waals surface area (Å²) in [6.45, 7) is 2.66. The van der Waals surface area contributed by atoms with E-state index in [1.54, 1.807) is 12.1 Å². The Hall–Kier alpha value is -1.93. The molecule has 0 aliphatic carbocycles. The molecule has 2 amide bonds. The standard InChI is InChI=1S/C16H17BrN2O4S/c1-3-4-5-23-13-11(17)7-9(8-12(13)22-2)6-10-14(20)18-16(24)19-15(10)21/h6-8H,3-5H2,1-2H3,(H2,18,19,20,21,24). The maximum absolute atomic E-state index is 11.9. The van der Waals surface area contributed by atoms with Crippen LogP contribution in [0.1, 0.15) is 25.3 Å². The van der Waals surface area contributed by atoms with Crippen molar-refractivity contribution in [2.24, 2.45) is 0 Å². The molecule has 0 radical (unpaired) electrons. The first-order chi connectivity index (χ1) is 11.5. The second-order valence-corrected chi connectivity index (χ2v) is 6.29. The fourth-order valence-corrected chi connectivity index (χ4v) is 2.81. The summed E-state index contributed by atoms with van der Waals surface area (Å²) in [6, 6.07) is 3.46. The second kappa shape index (κ2) is 8.25. The smallest absolute Gasteiger partial charge is 0.263 e. The number of hydrogen-bond donors (Lipinski definition) is 2. The molecule has 1 aromatic rings. The highest BCUT2D eigenvalue weighted by Gasteiger charge is 2.26. The number of carbonyl (C=O) groups is 2. The highest BCUT2D eigenvalue weighted by atomic mass is 79.9. The number of nitrogens with one attached hydrogen (secondary N) is 2. The molecule has 0 atom stereocenters. The highest BCUT2D eigenvalue weighted by molar-refractivity contribution is 9.10. The molecular weight excluding hydrogens is 396 g/mol. The van der Waals surface area contributed by atoms with Crippen molar-refractivity contribution in [1.82, 2.24) is 10.6 Å². The Balaban J connectivity index is 2.33. The van der Waals surface area contributed by atoms with Gasteiger partial charge in [0.05, 0.1) is 18.2 Å². The lowest BCUT2D eigenvalue weighted by Crippen LogP contribution is -2.51. The average Bonchev–Trinajstić information content (AvgIpc) is 2.52. The molecule has 0 unspecified atom stereocenters. The molecule has 1 fully saturated rings. The molecule has 2 N–H and O–H groups in total. The van der Waals surface area contributed by atoms with E-state index in [1.165, 1.54) is 13.2 Å². The number of amides is 2. The lowest BCUT2D eigenvalue weighted by atomic mass is 10.1. The third-order valence-electron chi connectivity index (χ3n) is 3.25. The van der Waals surface area contributed by atoms with Crippen LogP contribution in [0.25, 0.3) is 6.08 Å². The number of carbonyl (C=O) groups excluding carboxylic acids is 2. The van der Waals surface area contributed by atoms with Gasteiger partial charge in [-0.2, -0.15) is 0 Å². The molecule has 1 aromatic carbocycles. The predicted molar refractivity (Wildman–Crippen MR) is 98.0 cm³/mol. The van der Waals surface area contributed by atoms with Crippen molar-refractivity contribution in [2.75, 3.05) is 13.7 Å². The summed E-state index contributed by atoms with van der Waals surface area (Å²) in [7, 11) is 1.53. The van der Waals surface area contributed by atoms with E-state index in [2.05, 4.69) is 33.5 Å². The maximum atomic E-state index is 11.9. The Morgan fingerprint density at radius 2 is 1.92 bits per heavy atom. The van der Waals surface area contributed by atoms with Gasteiger partial charge in [0.25, 0.3) is 11.8 Å². The minimum absolute atomic E-state index is 0.000540. The summed E-state index contributed by atoms with van der Waals surface area (Å²) >= 11 is 8.21. The van der Waals surface area contributed by atoms with Gasteiger partial charge in [-0.25, -0.2) is 0 Å². The van der Waals surface area contributed by atoms with Crippen LogP contribution in [0.2, 0.25) is 0 Å². The van der Waals surface area contributed by atoms with E-state index in [0.717, 1.165) is 12.8 Å². The van der Waals surface area contributed by atoms with Gasteiger partial charge < -0.3 is 9.47 Å². The average molecular weight is 413 g/mol. The third kappa shape index (κ3) is 4.33. The molecule has 0 spiro atoms. The fourth-order valence-electron chi connectivity index (χ4n) is 2.05. The Morgan fingerprint density at radius 1 is 1.25 bits per heavy atom. The van der Waals surface area contributed by atoms with Crippen LogP contribution in [0.15, 0.2) is 22.2 Å². The zero-order valence-corrected chi connectivity index (χ0v) is 15.7. The van der Waals surface area contributed by atoms with Crippen molar-refractivity contribution in [3.8, 4) is 11.5 Å². The number of benzene rings is 1. The van der Waals surface area contributed by atoms with E-state index < -0.39 is 11.8 Å².